The van der Waals surface area contributed by atoms with E-state index >= 15 is 0 Å². The van der Waals surface area contributed by atoms with Crippen LogP contribution in [-0.2, 0) is 0 Å². The number of nitrogens with two attached hydrogens (primary N) is 1. The van der Waals surface area contributed by atoms with Crippen LogP contribution in [0.4, 0.5) is 4.39 Å². The molecule has 0 heterocycles. The third kappa shape index (κ3) is 1.94. The Kier molecular flexibility index (Phi) is 2.85. The first-order valence-corrected chi connectivity index (χ1v) is 5.41. The molecule has 1 atom stereocenters. The van der Waals surface area contributed by atoms with Gasteiger partial charge in [-0.3, -0.25) is 0 Å². The summed E-state index contributed by atoms with van der Waals surface area (Å²) in [6, 6.07) is 2.32. The molecule has 1 fully saturated rings. The number of hydrogen-bond donors (Lipinski definition) is 2. The number of aromatic hydroxyl groups is 1. The van der Waals surface area contributed by atoms with Crippen LogP contribution in [0.3, 0.4) is 0 Å². The van der Waals surface area contributed by atoms with E-state index in [1.165, 1.54) is 0 Å². The van der Waals surface area contributed by atoms with Gasteiger partial charge in [0.15, 0.2) is 11.6 Å². The zero-order valence-electron chi connectivity index (χ0n) is 8.21. The van der Waals surface area contributed by atoms with Crippen LogP contribution in [0.2, 0.25) is 5.02 Å². The van der Waals surface area contributed by atoms with Gasteiger partial charge in [-0.05, 0) is 30.9 Å². The SMILES string of the molecule is N[C@@H](c1cc(Cl)cc(F)c1O)C1CCC1. The summed E-state index contributed by atoms with van der Waals surface area (Å²) >= 11 is 5.73. The molecule has 4 heteroatoms. The maximum absolute atomic E-state index is 13.2. The topological polar surface area (TPSA) is 46.2 Å². The molecule has 2 rings (SSSR count). The van der Waals surface area contributed by atoms with E-state index in [1.807, 2.05) is 0 Å². The van der Waals surface area contributed by atoms with E-state index in [0.29, 0.717) is 11.5 Å². The van der Waals surface area contributed by atoms with Crippen LogP contribution < -0.4 is 5.73 Å². The molecule has 1 saturated carbocycles. The van der Waals surface area contributed by atoms with Crippen LogP contribution in [0, 0.1) is 11.7 Å². The van der Waals surface area contributed by atoms with E-state index < -0.39 is 5.82 Å². The van der Waals surface area contributed by atoms with E-state index in [9.17, 15) is 9.50 Å². The minimum atomic E-state index is -0.702. The van der Waals surface area contributed by atoms with Crippen LogP contribution in [0.25, 0.3) is 0 Å². The number of phenols is 1. The molecule has 0 bridgehead atoms. The van der Waals surface area contributed by atoms with Crippen molar-refractivity contribution in [3.8, 4) is 5.75 Å². The van der Waals surface area contributed by atoms with E-state index in [4.69, 9.17) is 17.3 Å². The Morgan fingerprint density at radius 1 is 1.47 bits per heavy atom. The van der Waals surface area contributed by atoms with Crippen molar-refractivity contribution < 1.29 is 9.50 Å². The Hall–Kier alpha value is -0.800. The van der Waals surface area contributed by atoms with Gasteiger partial charge in [0.25, 0.3) is 0 Å². The first-order chi connectivity index (χ1) is 7.09. The number of phenolic OH excluding ortho intramolecular Hbond substituents is 1. The molecule has 1 aromatic rings. The lowest BCUT2D eigenvalue weighted by atomic mass is 9.77. The highest BCUT2D eigenvalue weighted by Crippen LogP contribution is 2.40. The summed E-state index contributed by atoms with van der Waals surface area (Å²) in [7, 11) is 0. The first-order valence-electron chi connectivity index (χ1n) is 5.03. The van der Waals surface area contributed by atoms with E-state index in [0.717, 1.165) is 25.3 Å². The Morgan fingerprint density at radius 2 is 2.13 bits per heavy atom. The van der Waals surface area contributed by atoms with Crippen molar-refractivity contribution in [1.29, 1.82) is 0 Å². The lowest BCUT2D eigenvalue weighted by Gasteiger charge is -2.31. The predicted octanol–water partition coefficient (Wildman–Crippen LogP) is 2.98. The van der Waals surface area contributed by atoms with Gasteiger partial charge >= 0.3 is 0 Å². The second-order valence-corrected chi connectivity index (χ2v) is 4.48. The highest BCUT2D eigenvalue weighted by atomic mass is 35.5. The average Bonchev–Trinajstić information content (AvgIpc) is 2.08. The van der Waals surface area contributed by atoms with Crippen LogP contribution >= 0.6 is 11.6 Å². The van der Waals surface area contributed by atoms with E-state index in [-0.39, 0.29) is 16.8 Å². The van der Waals surface area contributed by atoms with E-state index in [2.05, 4.69) is 0 Å². The fourth-order valence-electron chi connectivity index (χ4n) is 1.89. The minimum Gasteiger partial charge on any atom is -0.505 e. The van der Waals surface area contributed by atoms with Gasteiger partial charge in [-0.2, -0.15) is 0 Å². The molecule has 1 aromatic carbocycles. The zero-order chi connectivity index (χ0) is 11.0. The lowest BCUT2D eigenvalue weighted by Crippen LogP contribution is -2.27. The number of halogens is 2. The Balaban J connectivity index is 2.33. The molecule has 15 heavy (non-hydrogen) atoms. The third-order valence-electron chi connectivity index (χ3n) is 3.07. The number of hydrogen-bond acceptors (Lipinski definition) is 2. The van der Waals surface area contributed by atoms with Crippen molar-refractivity contribution in [2.24, 2.45) is 11.7 Å². The van der Waals surface area contributed by atoms with Crippen LogP contribution in [-0.4, -0.2) is 5.11 Å². The average molecular weight is 230 g/mol. The van der Waals surface area contributed by atoms with Crippen molar-refractivity contribution in [2.75, 3.05) is 0 Å². The zero-order valence-corrected chi connectivity index (χ0v) is 8.97. The molecule has 1 aliphatic carbocycles. The Morgan fingerprint density at radius 3 is 2.67 bits per heavy atom. The van der Waals surface area contributed by atoms with Crippen molar-refractivity contribution >= 4 is 11.6 Å². The number of rotatable bonds is 2. The quantitative estimate of drug-likeness (QED) is 0.819. The molecule has 0 spiro atoms. The maximum atomic E-state index is 13.2. The molecule has 3 N–H and O–H groups in total. The van der Waals surface area contributed by atoms with Crippen molar-refractivity contribution in [2.45, 2.75) is 25.3 Å². The summed E-state index contributed by atoms with van der Waals surface area (Å²) < 4.78 is 13.2. The van der Waals surface area contributed by atoms with Crippen LogP contribution in [0.15, 0.2) is 12.1 Å². The van der Waals surface area contributed by atoms with Gasteiger partial charge < -0.3 is 10.8 Å². The smallest absolute Gasteiger partial charge is 0.166 e. The van der Waals surface area contributed by atoms with Gasteiger partial charge in [0.2, 0.25) is 0 Å². The molecule has 0 unspecified atom stereocenters. The first kappa shape index (κ1) is 10.7. The normalized spacial score (nSPS) is 18.6. The van der Waals surface area contributed by atoms with Gasteiger partial charge in [-0.15, -0.1) is 0 Å². The molecular weight excluding hydrogens is 217 g/mol. The molecule has 0 saturated heterocycles. The van der Waals surface area contributed by atoms with Gasteiger partial charge in [-0.25, -0.2) is 4.39 Å². The fraction of sp³-hybridized carbons (Fsp3) is 0.455. The molecule has 0 aliphatic heterocycles. The van der Waals surface area contributed by atoms with Crippen LogP contribution in [0.5, 0.6) is 5.75 Å². The fourth-order valence-corrected chi connectivity index (χ4v) is 2.11. The molecule has 2 nitrogen and oxygen atoms in total. The minimum absolute atomic E-state index is 0.273. The molecular formula is C11H13ClFNO. The summed E-state index contributed by atoms with van der Waals surface area (Å²) in [5.74, 6) is -0.722. The van der Waals surface area contributed by atoms with E-state index in [1.54, 1.807) is 6.07 Å². The molecule has 82 valence electrons. The second-order valence-electron chi connectivity index (χ2n) is 4.04. The van der Waals surface area contributed by atoms with Crippen molar-refractivity contribution in [3.63, 3.8) is 0 Å². The molecule has 0 radical (unpaired) electrons. The highest BCUT2D eigenvalue weighted by Gasteiger charge is 2.28. The Labute approximate surface area is 92.9 Å². The summed E-state index contributed by atoms with van der Waals surface area (Å²) in [5, 5.41) is 9.82. The van der Waals surface area contributed by atoms with Gasteiger partial charge in [-0.1, -0.05) is 18.0 Å². The third-order valence-corrected chi connectivity index (χ3v) is 3.29. The monoisotopic (exact) mass is 229 g/mol. The highest BCUT2D eigenvalue weighted by molar-refractivity contribution is 6.30. The summed E-state index contributed by atoms with van der Waals surface area (Å²) in [5.41, 5.74) is 6.37. The van der Waals surface area contributed by atoms with Gasteiger partial charge in [0.05, 0.1) is 0 Å². The van der Waals surface area contributed by atoms with Crippen LogP contribution in [0.1, 0.15) is 30.9 Å². The van der Waals surface area contributed by atoms with Crippen molar-refractivity contribution in [3.05, 3.63) is 28.5 Å². The molecule has 1 aliphatic rings. The van der Waals surface area contributed by atoms with Gasteiger partial charge in [0.1, 0.15) is 0 Å². The molecule has 0 aromatic heterocycles. The Bertz CT molecular complexity index is 379. The number of benzene rings is 1. The lowest BCUT2D eigenvalue weighted by molar-refractivity contribution is 0.259. The summed E-state index contributed by atoms with van der Waals surface area (Å²) in [6.45, 7) is 0. The predicted molar refractivity (Wildman–Crippen MR) is 57.3 cm³/mol. The summed E-state index contributed by atoms with van der Waals surface area (Å²) in [4.78, 5) is 0. The standard InChI is InChI=1S/C11H13ClFNO/c12-7-4-8(11(15)9(13)5-7)10(14)6-2-1-3-6/h4-6,10,15H,1-3,14H2/t10-/m1/s1. The summed E-state index contributed by atoms with van der Waals surface area (Å²) in [6.07, 6.45) is 3.23. The van der Waals surface area contributed by atoms with Crippen molar-refractivity contribution in [1.82, 2.24) is 0 Å². The molecule has 0 amide bonds. The second kappa shape index (κ2) is 3.99. The van der Waals surface area contributed by atoms with Gasteiger partial charge in [0, 0.05) is 16.6 Å². The largest absolute Gasteiger partial charge is 0.505 e. The maximum Gasteiger partial charge on any atom is 0.166 e.